The van der Waals surface area contributed by atoms with E-state index in [1.807, 2.05) is 0 Å². The number of anilines is 1. The van der Waals surface area contributed by atoms with Gasteiger partial charge in [-0.15, -0.1) is 0 Å². The molecule has 0 unspecified atom stereocenters. The van der Waals surface area contributed by atoms with E-state index >= 15 is 0 Å². The molecule has 128 valence electrons. The molecule has 0 aromatic heterocycles. The van der Waals surface area contributed by atoms with Crippen LogP contribution in [0.4, 0.5) is 10.1 Å². The van der Waals surface area contributed by atoms with Crippen molar-refractivity contribution in [3.63, 3.8) is 0 Å². The summed E-state index contributed by atoms with van der Waals surface area (Å²) in [5, 5.41) is 4.82. The summed E-state index contributed by atoms with van der Waals surface area (Å²) in [6, 6.07) is 4.22. The van der Waals surface area contributed by atoms with E-state index < -0.39 is 17.6 Å². The monoisotopic (exact) mass is 386 g/mol. The summed E-state index contributed by atoms with van der Waals surface area (Å²) in [7, 11) is 0. The number of hydrogen-bond acceptors (Lipinski definition) is 2. The van der Waals surface area contributed by atoms with Gasteiger partial charge >= 0.3 is 11.8 Å². The van der Waals surface area contributed by atoms with Gasteiger partial charge in [0.05, 0.1) is 5.69 Å². The molecule has 0 aliphatic carbocycles. The molecule has 0 heterocycles. The Kier molecular flexibility index (Phi) is 9.52. The van der Waals surface area contributed by atoms with Crippen LogP contribution in [-0.2, 0) is 9.59 Å². The largest absolute Gasteiger partial charge is 0.348 e. The molecule has 23 heavy (non-hydrogen) atoms. The lowest BCUT2D eigenvalue weighted by Crippen LogP contribution is -2.36. The normalized spacial score (nSPS) is 10.4. The Morgan fingerprint density at radius 2 is 1.70 bits per heavy atom. The standard InChI is InChI=1S/C17H24BrFN2O2/c1-2-3-4-5-6-7-8-11-20-16(22)17(23)21-15-10-9-13(18)12-14(15)19/h9-10,12H,2-8,11H2,1H3,(H,20,22)(H,21,23). The minimum absolute atomic E-state index is 0.00993. The highest BCUT2D eigenvalue weighted by Crippen LogP contribution is 2.19. The first kappa shape index (κ1) is 19.6. The number of hydrogen-bond donors (Lipinski definition) is 2. The highest BCUT2D eigenvalue weighted by molar-refractivity contribution is 9.10. The van der Waals surface area contributed by atoms with E-state index in [4.69, 9.17) is 0 Å². The van der Waals surface area contributed by atoms with Crippen molar-refractivity contribution in [2.24, 2.45) is 0 Å². The van der Waals surface area contributed by atoms with Gasteiger partial charge in [-0.1, -0.05) is 61.4 Å². The van der Waals surface area contributed by atoms with E-state index in [0.717, 1.165) is 19.3 Å². The molecule has 0 aliphatic heterocycles. The van der Waals surface area contributed by atoms with Gasteiger partial charge in [0.2, 0.25) is 0 Å². The van der Waals surface area contributed by atoms with E-state index in [1.165, 1.54) is 37.8 Å². The van der Waals surface area contributed by atoms with Crippen LogP contribution in [0, 0.1) is 5.82 Å². The Hall–Kier alpha value is -1.43. The molecule has 1 aromatic rings. The third-order valence-corrected chi connectivity index (χ3v) is 3.94. The quantitative estimate of drug-likeness (QED) is 0.488. The van der Waals surface area contributed by atoms with E-state index in [0.29, 0.717) is 11.0 Å². The molecule has 2 amide bonds. The molecular weight excluding hydrogens is 363 g/mol. The third-order valence-electron chi connectivity index (χ3n) is 3.45. The van der Waals surface area contributed by atoms with Gasteiger partial charge in [0.15, 0.2) is 0 Å². The van der Waals surface area contributed by atoms with Crippen LogP contribution in [0.25, 0.3) is 0 Å². The van der Waals surface area contributed by atoms with E-state index in [1.54, 1.807) is 6.07 Å². The fourth-order valence-electron chi connectivity index (χ4n) is 2.13. The van der Waals surface area contributed by atoms with Gasteiger partial charge in [-0.25, -0.2) is 4.39 Å². The van der Waals surface area contributed by atoms with Crippen LogP contribution in [0.3, 0.4) is 0 Å². The van der Waals surface area contributed by atoms with Crippen molar-refractivity contribution in [1.82, 2.24) is 5.32 Å². The molecule has 0 spiro atoms. The van der Waals surface area contributed by atoms with Crippen molar-refractivity contribution in [2.45, 2.75) is 51.9 Å². The Morgan fingerprint density at radius 1 is 1.04 bits per heavy atom. The molecule has 4 nitrogen and oxygen atoms in total. The van der Waals surface area contributed by atoms with Crippen LogP contribution in [0.1, 0.15) is 51.9 Å². The Morgan fingerprint density at radius 3 is 2.35 bits per heavy atom. The van der Waals surface area contributed by atoms with Crippen molar-refractivity contribution < 1.29 is 14.0 Å². The predicted octanol–water partition coefficient (Wildman–Crippen LogP) is 4.39. The Balaban J connectivity index is 2.20. The molecule has 0 saturated carbocycles. The maximum Gasteiger partial charge on any atom is 0.313 e. The zero-order valence-electron chi connectivity index (χ0n) is 13.5. The zero-order chi connectivity index (χ0) is 17.1. The minimum Gasteiger partial charge on any atom is -0.348 e. The second-order valence-electron chi connectivity index (χ2n) is 5.46. The number of carbonyl (C=O) groups is 2. The molecule has 2 N–H and O–H groups in total. The number of benzene rings is 1. The predicted molar refractivity (Wildman–Crippen MR) is 93.7 cm³/mol. The van der Waals surface area contributed by atoms with E-state index in [2.05, 4.69) is 33.5 Å². The summed E-state index contributed by atoms with van der Waals surface area (Å²) < 4.78 is 14.1. The van der Waals surface area contributed by atoms with Gasteiger partial charge in [-0.05, 0) is 24.6 Å². The molecular formula is C17H24BrFN2O2. The number of nitrogens with one attached hydrogen (secondary N) is 2. The highest BCUT2D eigenvalue weighted by Gasteiger charge is 2.15. The molecule has 0 bridgehead atoms. The zero-order valence-corrected chi connectivity index (χ0v) is 15.0. The number of amides is 2. The summed E-state index contributed by atoms with van der Waals surface area (Å²) in [6.45, 7) is 2.64. The topological polar surface area (TPSA) is 58.2 Å². The van der Waals surface area contributed by atoms with Gasteiger partial charge in [0, 0.05) is 11.0 Å². The van der Waals surface area contributed by atoms with Gasteiger partial charge < -0.3 is 10.6 Å². The van der Waals surface area contributed by atoms with Crippen molar-refractivity contribution in [2.75, 3.05) is 11.9 Å². The van der Waals surface area contributed by atoms with Crippen molar-refractivity contribution in [3.05, 3.63) is 28.5 Å². The van der Waals surface area contributed by atoms with Crippen LogP contribution in [-0.4, -0.2) is 18.4 Å². The first-order valence-electron chi connectivity index (χ1n) is 8.08. The van der Waals surface area contributed by atoms with Crippen LogP contribution >= 0.6 is 15.9 Å². The van der Waals surface area contributed by atoms with Gasteiger partial charge in [0.1, 0.15) is 5.82 Å². The average molecular weight is 387 g/mol. The molecule has 1 aromatic carbocycles. The van der Waals surface area contributed by atoms with Gasteiger partial charge in [-0.2, -0.15) is 0 Å². The lowest BCUT2D eigenvalue weighted by atomic mass is 10.1. The molecule has 0 atom stereocenters. The number of rotatable bonds is 9. The van der Waals surface area contributed by atoms with E-state index in [9.17, 15) is 14.0 Å². The summed E-state index contributed by atoms with van der Waals surface area (Å²) in [5.74, 6) is -2.18. The molecule has 1 rings (SSSR count). The average Bonchev–Trinajstić information content (AvgIpc) is 2.52. The smallest absolute Gasteiger partial charge is 0.313 e. The van der Waals surface area contributed by atoms with Gasteiger partial charge in [0.25, 0.3) is 0 Å². The summed E-state index contributed by atoms with van der Waals surface area (Å²) in [5.41, 5.74) is -0.00993. The van der Waals surface area contributed by atoms with Crippen LogP contribution in [0.2, 0.25) is 0 Å². The van der Waals surface area contributed by atoms with Crippen molar-refractivity contribution in [1.29, 1.82) is 0 Å². The maximum atomic E-state index is 13.6. The number of carbonyl (C=O) groups excluding carboxylic acids is 2. The molecule has 0 saturated heterocycles. The number of halogens is 2. The molecule has 0 radical (unpaired) electrons. The number of unbranched alkanes of at least 4 members (excludes halogenated alkanes) is 6. The molecule has 0 fully saturated rings. The SMILES string of the molecule is CCCCCCCCCNC(=O)C(=O)Nc1ccc(Br)cc1F. The lowest BCUT2D eigenvalue weighted by Gasteiger charge is -2.07. The Labute approximate surface area is 145 Å². The van der Waals surface area contributed by atoms with Crippen molar-refractivity contribution >= 4 is 33.4 Å². The highest BCUT2D eigenvalue weighted by atomic mass is 79.9. The third kappa shape index (κ3) is 8.11. The fourth-order valence-corrected chi connectivity index (χ4v) is 2.47. The van der Waals surface area contributed by atoms with Crippen LogP contribution in [0.5, 0.6) is 0 Å². The second-order valence-corrected chi connectivity index (χ2v) is 6.37. The Bertz CT molecular complexity index is 523. The second kappa shape index (κ2) is 11.2. The van der Waals surface area contributed by atoms with Crippen LogP contribution in [0.15, 0.2) is 22.7 Å². The van der Waals surface area contributed by atoms with Crippen LogP contribution < -0.4 is 10.6 Å². The maximum absolute atomic E-state index is 13.6. The fraction of sp³-hybridized carbons (Fsp3) is 0.529. The summed E-state index contributed by atoms with van der Waals surface area (Å²) >= 11 is 3.13. The van der Waals surface area contributed by atoms with Crippen molar-refractivity contribution in [3.8, 4) is 0 Å². The van der Waals surface area contributed by atoms with Gasteiger partial charge in [-0.3, -0.25) is 9.59 Å². The molecule has 6 heteroatoms. The first-order valence-corrected chi connectivity index (χ1v) is 8.88. The minimum atomic E-state index is -0.853. The molecule has 0 aliphatic rings. The summed E-state index contributed by atoms with van der Waals surface area (Å²) in [4.78, 5) is 23.3. The summed E-state index contributed by atoms with van der Waals surface area (Å²) in [6.07, 6.45) is 7.99. The lowest BCUT2D eigenvalue weighted by molar-refractivity contribution is -0.136. The van der Waals surface area contributed by atoms with E-state index in [-0.39, 0.29) is 5.69 Å². The first-order chi connectivity index (χ1) is 11.0.